The minimum Gasteiger partial charge on any atom is -0.352 e. The average Bonchev–Trinajstić information content (AvgIpc) is 2.71. The highest BCUT2D eigenvalue weighted by Crippen LogP contribution is 2.23. The molecule has 1 saturated heterocycles. The second-order valence-electron chi connectivity index (χ2n) is 4.75. The molecule has 15 heavy (non-hydrogen) atoms. The molecule has 1 amide bonds. The quantitative estimate of drug-likeness (QED) is 0.601. The van der Waals surface area contributed by atoms with Crippen molar-refractivity contribution in [3.8, 4) is 0 Å². The highest BCUT2D eigenvalue weighted by Gasteiger charge is 2.29. The molecule has 2 fully saturated rings. The molecule has 4 heteroatoms. The van der Waals surface area contributed by atoms with Gasteiger partial charge < -0.3 is 16.4 Å². The predicted molar refractivity (Wildman–Crippen MR) is 59.4 cm³/mol. The molecule has 0 aromatic heterocycles. The lowest BCUT2D eigenvalue weighted by Crippen LogP contribution is -2.47. The minimum atomic E-state index is 0.0550. The van der Waals surface area contributed by atoms with Crippen molar-refractivity contribution in [2.75, 3.05) is 13.1 Å². The van der Waals surface area contributed by atoms with E-state index in [4.69, 9.17) is 5.73 Å². The van der Waals surface area contributed by atoms with Crippen molar-refractivity contribution in [1.29, 1.82) is 0 Å². The van der Waals surface area contributed by atoms with Crippen molar-refractivity contribution in [3.63, 3.8) is 0 Å². The van der Waals surface area contributed by atoms with Gasteiger partial charge in [-0.2, -0.15) is 0 Å². The summed E-state index contributed by atoms with van der Waals surface area (Å²) in [5.41, 5.74) is 5.98. The summed E-state index contributed by atoms with van der Waals surface area (Å²) in [5, 5.41) is 6.34. The molecule has 1 unspecified atom stereocenters. The summed E-state index contributed by atoms with van der Waals surface area (Å²) in [6.07, 6.45) is 5.34. The number of hydrogen-bond acceptors (Lipinski definition) is 3. The summed E-state index contributed by atoms with van der Waals surface area (Å²) in [6, 6.07) is 0.403. The van der Waals surface area contributed by atoms with Crippen LogP contribution in [0.1, 0.15) is 32.1 Å². The normalized spacial score (nSPS) is 36.5. The Kier molecular flexibility index (Phi) is 3.59. The molecule has 1 aliphatic carbocycles. The van der Waals surface area contributed by atoms with Crippen molar-refractivity contribution in [2.45, 2.75) is 44.2 Å². The first kappa shape index (κ1) is 10.9. The number of nitrogens with one attached hydrogen (secondary N) is 2. The third-order valence-corrected chi connectivity index (χ3v) is 3.56. The molecule has 0 radical (unpaired) electrons. The van der Waals surface area contributed by atoms with Gasteiger partial charge in [0.05, 0.1) is 5.92 Å². The average molecular weight is 211 g/mol. The van der Waals surface area contributed by atoms with Gasteiger partial charge in [-0.1, -0.05) is 12.8 Å². The van der Waals surface area contributed by atoms with Crippen LogP contribution in [0, 0.1) is 5.92 Å². The van der Waals surface area contributed by atoms with Crippen LogP contribution in [-0.2, 0) is 4.79 Å². The van der Waals surface area contributed by atoms with Gasteiger partial charge >= 0.3 is 0 Å². The second kappa shape index (κ2) is 4.94. The van der Waals surface area contributed by atoms with Crippen LogP contribution in [0.3, 0.4) is 0 Å². The molecule has 4 nitrogen and oxygen atoms in total. The Bertz CT molecular complexity index is 226. The number of nitrogens with two attached hydrogens (primary N) is 1. The Morgan fingerprint density at radius 2 is 2.07 bits per heavy atom. The molecule has 2 aliphatic rings. The molecular formula is C11H21N3O. The minimum absolute atomic E-state index is 0.0550. The van der Waals surface area contributed by atoms with E-state index in [1.54, 1.807) is 0 Å². The largest absolute Gasteiger partial charge is 0.352 e. The van der Waals surface area contributed by atoms with E-state index in [2.05, 4.69) is 10.6 Å². The van der Waals surface area contributed by atoms with Gasteiger partial charge in [0.15, 0.2) is 0 Å². The lowest BCUT2D eigenvalue weighted by atomic mass is 9.84. The van der Waals surface area contributed by atoms with Crippen molar-refractivity contribution in [3.05, 3.63) is 0 Å². The van der Waals surface area contributed by atoms with Gasteiger partial charge in [0.1, 0.15) is 0 Å². The third-order valence-electron chi connectivity index (χ3n) is 3.56. The number of amides is 1. The predicted octanol–water partition coefficient (Wildman–Crippen LogP) is -0.0180. The van der Waals surface area contributed by atoms with E-state index in [1.165, 1.54) is 6.42 Å². The number of carbonyl (C=O) groups is 1. The number of carbonyl (C=O) groups excluding carboxylic acids is 1. The zero-order valence-electron chi connectivity index (χ0n) is 9.17. The molecule has 1 heterocycles. The van der Waals surface area contributed by atoms with Gasteiger partial charge in [0, 0.05) is 18.6 Å². The van der Waals surface area contributed by atoms with Gasteiger partial charge in [-0.3, -0.25) is 4.79 Å². The summed E-state index contributed by atoms with van der Waals surface area (Å²) in [6.45, 7) is 1.93. The van der Waals surface area contributed by atoms with Crippen molar-refractivity contribution in [1.82, 2.24) is 10.6 Å². The standard InChI is InChI=1S/C11H21N3O/c12-10-4-2-1-3-9(10)11(15)14-8-5-6-13-7-8/h8-10,13H,1-7,12H2,(H,14,15)/t8?,9-,10+/m1/s1. The van der Waals surface area contributed by atoms with Crippen LogP contribution in [0.2, 0.25) is 0 Å². The molecule has 0 aromatic carbocycles. The first-order valence-corrected chi connectivity index (χ1v) is 6.04. The molecule has 4 N–H and O–H groups in total. The van der Waals surface area contributed by atoms with E-state index in [-0.39, 0.29) is 17.9 Å². The molecule has 1 aliphatic heterocycles. The second-order valence-corrected chi connectivity index (χ2v) is 4.75. The van der Waals surface area contributed by atoms with E-state index in [0.717, 1.165) is 38.8 Å². The van der Waals surface area contributed by atoms with Crippen LogP contribution < -0.4 is 16.4 Å². The lowest BCUT2D eigenvalue weighted by molar-refractivity contribution is -0.127. The van der Waals surface area contributed by atoms with Crippen molar-refractivity contribution < 1.29 is 4.79 Å². The molecule has 0 aromatic rings. The third kappa shape index (κ3) is 2.69. The Hall–Kier alpha value is -0.610. The molecule has 3 atom stereocenters. The van der Waals surface area contributed by atoms with Gasteiger partial charge in [-0.15, -0.1) is 0 Å². The molecule has 86 valence electrons. The topological polar surface area (TPSA) is 67.2 Å². The van der Waals surface area contributed by atoms with Crippen LogP contribution in [0.15, 0.2) is 0 Å². The Morgan fingerprint density at radius 3 is 2.73 bits per heavy atom. The summed E-state index contributed by atoms with van der Waals surface area (Å²) in [5.74, 6) is 0.232. The van der Waals surface area contributed by atoms with Crippen LogP contribution in [0.4, 0.5) is 0 Å². The van der Waals surface area contributed by atoms with E-state index >= 15 is 0 Å². The highest BCUT2D eigenvalue weighted by molar-refractivity contribution is 5.79. The van der Waals surface area contributed by atoms with Gasteiger partial charge in [0.2, 0.25) is 5.91 Å². The van der Waals surface area contributed by atoms with Crippen LogP contribution in [0.5, 0.6) is 0 Å². The summed E-state index contributed by atoms with van der Waals surface area (Å²) in [7, 11) is 0. The monoisotopic (exact) mass is 211 g/mol. The van der Waals surface area contributed by atoms with Gasteiger partial charge in [0.25, 0.3) is 0 Å². The maximum Gasteiger partial charge on any atom is 0.224 e. The van der Waals surface area contributed by atoms with Crippen LogP contribution in [-0.4, -0.2) is 31.1 Å². The Balaban J connectivity index is 1.83. The molecule has 1 saturated carbocycles. The first-order chi connectivity index (χ1) is 7.27. The fourth-order valence-electron chi connectivity index (χ4n) is 2.57. The van der Waals surface area contributed by atoms with E-state index in [1.807, 2.05) is 0 Å². The fourth-order valence-corrected chi connectivity index (χ4v) is 2.57. The molecule has 0 bridgehead atoms. The summed E-state index contributed by atoms with van der Waals surface area (Å²) in [4.78, 5) is 11.9. The Morgan fingerprint density at radius 1 is 1.27 bits per heavy atom. The molecule has 2 rings (SSSR count). The van der Waals surface area contributed by atoms with Gasteiger partial charge in [-0.25, -0.2) is 0 Å². The number of rotatable bonds is 2. The summed E-state index contributed by atoms with van der Waals surface area (Å²) < 4.78 is 0. The van der Waals surface area contributed by atoms with E-state index in [9.17, 15) is 4.79 Å². The lowest BCUT2D eigenvalue weighted by Gasteiger charge is -2.28. The zero-order valence-corrected chi connectivity index (χ0v) is 9.17. The van der Waals surface area contributed by atoms with Crippen molar-refractivity contribution >= 4 is 5.91 Å². The van der Waals surface area contributed by atoms with E-state index < -0.39 is 0 Å². The maximum atomic E-state index is 11.9. The fraction of sp³-hybridized carbons (Fsp3) is 0.909. The SMILES string of the molecule is N[C@H]1CCCC[C@H]1C(=O)NC1CCNC1. The molecular weight excluding hydrogens is 190 g/mol. The van der Waals surface area contributed by atoms with E-state index in [0.29, 0.717) is 6.04 Å². The van der Waals surface area contributed by atoms with Crippen LogP contribution in [0.25, 0.3) is 0 Å². The summed E-state index contributed by atoms with van der Waals surface area (Å²) >= 11 is 0. The number of hydrogen-bond donors (Lipinski definition) is 3. The maximum absolute atomic E-state index is 11.9. The highest BCUT2D eigenvalue weighted by atomic mass is 16.2. The molecule has 0 spiro atoms. The Labute approximate surface area is 91.0 Å². The van der Waals surface area contributed by atoms with Crippen molar-refractivity contribution in [2.24, 2.45) is 11.7 Å². The van der Waals surface area contributed by atoms with Crippen LogP contribution >= 0.6 is 0 Å². The van der Waals surface area contributed by atoms with Gasteiger partial charge in [-0.05, 0) is 25.8 Å². The smallest absolute Gasteiger partial charge is 0.224 e. The zero-order chi connectivity index (χ0) is 10.7. The first-order valence-electron chi connectivity index (χ1n) is 6.04.